The molecule has 0 spiro atoms. The number of anilines is 1. The number of carbonyl (C=O) groups excluding carboxylic acids is 1. The third-order valence-corrected chi connectivity index (χ3v) is 3.53. The summed E-state index contributed by atoms with van der Waals surface area (Å²) in [5.74, 6) is 0.815. The lowest BCUT2D eigenvalue weighted by molar-refractivity contribution is -0.111. The van der Waals surface area contributed by atoms with Crippen molar-refractivity contribution in [2.75, 3.05) is 19.0 Å². The molecule has 2 rings (SSSR count). The van der Waals surface area contributed by atoms with Gasteiger partial charge in [0.1, 0.15) is 0 Å². The molecule has 2 aromatic carbocycles. The van der Waals surface area contributed by atoms with Gasteiger partial charge in [-0.15, -0.1) is 0 Å². The summed E-state index contributed by atoms with van der Waals surface area (Å²) < 4.78 is 10.8. The number of aryl methyl sites for hydroxylation is 1. The summed E-state index contributed by atoms with van der Waals surface area (Å²) in [5.41, 5.74) is 2.59. The molecule has 2 aromatic rings. The van der Waals surface area contributed by atoms with Gasteiger partial charge in [-0.05, 0) is 55.3 Å². The van der Waals surface area contributed by atoms with E-state index in [2.05, 4.69) is 5.32 Å². The molecule has 0 fully saturated rings. The predicted molar refractivity (Wildman–Crippen MR) is 98.0 cm³/mol. The Balaban J connectivity index is 2.13. The Labute approximate surface area is 147 Å². The molecule has 24 heavy (non-hydrogen) atoms. The molecule has 0 saturated carbocycles. The number of amides is 1. The Hall–Kier alpha value is -2.46. The summed E-state index contributed by atoms with van der Waals surface area (Å²) in [7, 11) is 1.55. The molecule has 1 N–H and O–H groups in total. The molecule has 1 amide bonds. The molecule has 126 valence electrons. The SMILES string of the molecule is CCOc1c(Cl)cc(/C=C/C(=O)Nc2cccc(C)c2)cc1OC. The standard InChI is InChI=1S/C19H20ClNO3/c1-4-24-19-16(20)11-14(12-17(19)23-3)8-9-18(22)21-15-7-5-6-13(2)10-15/h5-12H,4H2,1-3H3,(H,21,22)/b9-8+. The fourth-order valence-electron chi connectivity index (χ4n) is 2.20. The monoisotopic (exact) mass is 345 g/mol. The Bertz CT molecular complexity index is 756. The topological polar surface area (TPSA) is 47.6 Å². The normalized spacial score (nSPS) is 10.7. The van der Waals surface area contributed by atoms with E-state index in [9.17, 15) is 4.79 Å². The number of ether oxygens (including phenoxy) is 2. The number of halogens is 1. The maximum absolute atomic E-state index is 12.0. The maximum atomic E-state index is 12.0. The molecular formula is C19H20ClNO3. The molecule has 0 aliphatic carbocycles. The van der Waals surface area contributed by atoms with E-state index in [1.807, 2.05) is 38.1 Å². The van der Waals surface area contributed by atoms with E-state index in [1.54, 1.807) is 25.3 Å². The zero-order valence-electron chi connectivity index (χ0n) is 13.9. The third-order valence-electron chi connectivity index (χ3n) is 3.25. The summed E-state index contributed by atoms with van der Waals surface area (Å²) in [6.45, 7) is 4.34. The van der Waals surface area contributed by atoms with E-state index in [4.69, 9.17) is 21.1 Å². The molecule has 0 aromatic heterocycles. The second kappa shape index (κ2) is 8.41. The van der Waals surface area contributed by atoms with E-state index < -0.39 is 0 Å². The average molecular weight is 346 g/mol. The van der Waals surface area contributed by atoms with Crippen molar-refractivity contribution in [3.05, 3.63) is 58.6 Å². The van der Waals surface area contributed by atoms with Crippen LogP contribution in [0.25, 0.3) is 6.08 Å². The molecule has 0 aliphatic heterocycles. The van der Waals surface area contributed by atoms with E-state index >= 15 is 0 Å². The first-order valence-electron chi connectivity index (χ1n) is 7.59. The van der Waals surface area contributed by atoms with Gasteiger partial charge in [-0.25, -0.2) is 0 Å². The van der Waals surface area contributed by atoms with Crippen molar-refractivity contribution in [3.63, 3.8) is 0 Å². The Morgan fingerprint density at radius 1 is 1.29 bits per heavy atom. The third kappa shape index (κ3) is 4.77. The van der Waals surface area contributed by atoms with E-state index in [0.717, 1.165) is 16.8 Å². The van der Waals surface area contributed by atoms with Crippen LogP contribution >= 0.6 is 11.6 Å². The van der Waals surface area contributed by atoms with Gasteiger partial charge < -0.3 is 14.8 Å². The van der Waals surface area contributed by atoms with E-state index in [1.165, 1.54) is 6.08 Å². The second-order valence-electron chi connectivity index (χ2n) is 5.16. The van der Waals surface area contributed by atoms with Gasteiger partial charge in [0.25, 0.3) is 0 Å². The van der Waals surface area contributed by atoms with Crippen LogP contribution in [-0.2, 0) is 4.79 Å². The van der Waals surface area contributed by atoms with Gasteiger partial charge >= 0.3 is 0 Å². The van der Waals surface area contributed by atoms with Gasteiger partial charge in [-0.3, -0.25) is 4.79 Å². The number of hydrogen-bond acceptors (Lipinski definition) is 3. The first kappa shape index (κ1) is 17.9. The minimum absolute atomic E-state index is 0.218. The molecule has 4 nitrogen and oxygen atoms in total. The molecule has 0 bridgehead atoms. The van der Waals surface area contributed by atoms with Crippen molar-refractivity contribution in [3.8, 4) is 11.5 Å². The minimum atomic E-state index is -0.218. The van der Waals surface area contributed by atoms with Gasteiger partial charge in [-0.1, -0.05) is 23.7 Å². The van der Waals surface area contributed by atoms with Crippen LogP contribution in [0.15, 0.2) is 42.5 Å². The van der Waals surface area contributed by atoms with Crippen molar-refractivity contribution in [2.24, 2.45) is 0 Å². The number of hydrogen-bond donors (Lipinski definition) is 1. The molecule has 0 heterocycles. The molecule has 0 saturated heterocycles. The summed E-state index contributed by atoms with van der Waals surface area (Å²) in [4.78, 5) is 12.0. The number of carbonyl (C=O) groups is 1. The predicted octanol–water partition coefficient (Wildman–Crippen LogP) is 4.71. The lowest BCUT2D eigenvalue weighted by atomic mass is 10.1. The van der Waals surface area contributed by atoms with Crippen LogP contribution in [0.4, 0.5) is 5.69 Å². The summed E-state index contributed by atoms with van der Waals surface area (Å²) in [6, 6.07) is 11.1. The van der Waals surface area contributed by atoms with Crippen LogP contribution in [0.2, 0.25) is 5.02 Å². The Morgan fingerprint density at radius 3 is 2.75 bits per heavy atom. The van der Waals surface area contributed by atoms with Gasteiger partial charge in [-0.2, -0.15) is 0 Å². The first-order chi connectivity index (χ1) is 11.5. The summed E-state index contributed by atoms with van der Waals surface area (Å²) in [6.07, 6.45) is 3.13. The highest BCUT2D eigenvalue weighted by atomic mass is 35.5. The van der Waals surface area contributed by atoms with Gasteiger partial charge in [0.2, 0.25) is 5.91 Å². The van der Waals surface area contributed by atoms with Crippen molar-refractivity contribution in [1.29, 1.82) is 0 Å². The van der Waals surface area contributed by atoms with Crippen molar-refractivity contribution in [1.82, 2.24) is 0 Å². The number of rotatable bonds is 6. The minimum Gasteiger partial charge on any atom is -0.493 e. The Morgan fingerprint density at radius 2 is 2.08 bits per heavy atom. The largest absolute Gasteiger partial charge is 0.493 e. The first-order valence-corrected chi connectivity index (χ1v) is 7.97. The van der Waals surface area contributed by atoms with Crippen molar-refractivity contribution in [2.45, 2.75) is 13.8 Å². The molecule has 5 heteroatoms. The van der Waals surface area contributed by atoms with Gasteiger partial charge in [0.05, 0.1) is 18.7 Å². The molecule has 0 radical (unpaired) electrons. The lowest BCUT2D eigenvalue weighted by Gasteiger charge is -2.11. The lowest BCUT2D eigenvalue weighted by Crippen LogP contribution is -2.07. The highest BCUT2D eigenvalue weighted by molar-refractivity contribution is 6.32. The quantitative estimate of drug-likeness (QED) is 0.771. The number of nitrogens with one attached hydrogen (secondary N) is 1. The van der Waals surface area contributed by atoms with Crippen LogP contribution in [0, 0.1) is 6.92 Å². The summed E-state index contributed by atoms with van der Waals surface area (Å²) >= 11 is 6.22. The maximum Gasteiger partial charge on any atom is 0.248 e. The van der Waals surface area contributed by atoms with Crippen molar-refractivity contribution >= 4 is 29.3 Å². The van der Waals surface area contributed by atoms with Crippen LogP contribution < -0.4 is 14.8 Å². The van der Waals surface area contributed by atoms with E-state index in [-0.39, 0.29) is 5.91 Å². The van der Waals surface area contributed by atoms with Crippen LogP contribution in [0.5, 0.6) is 11.5 Å². The van der Waals surface area contributed by atoms with E-state index in [0.29, 0.717) is 23.1 Å². The Kier molecular flexibility index (Phi) is 6.27. The zero-order chi connectivity index (χ0) is 17.5. The van der Waals surface area contributed by atoms with Crippen LogP contribution in [0.3, 0.4) is 0 Å². The summed E-state index contributed by atoms with van der Waals surface area (Å²) in [5, 5.41) is 3.25. The molecule has 0 aliphatic rings. The highest BCUT2D eigenvalue weighted by Crippen LogP contribution is 2.36. The second-order valence-corrected chi connectivity index (χ2v) is 5.57. The highest BCUT2D eigenvalue weighted by Gasteiger charge is 2.10. The number of benzene rings is 2. The zero-order valence-corrected chi connectivity index (χ0v) is 14.7. The number of methoxy groups -OCH3 is 1. The molecule has 0 atom stereocenters. The van der Waals surface area contributed by atoms with Gasteiger partial charge in [0.15, 0.2) is 11.5 Å². The fraction of sp³-hybridized carbons (Fsp3) is 0.211. The molecule has 0 unspecified atom stereocenters. The van der Waals surface area contributed by atoms with Crippen LogP contribution in [-0.4, -0.2) is 19.6 Å². The fourth-order valence-corrected chi connectivity index (χ4v) is 2.47. The van der Waals surface area contributed by atoms with Crippen LogP contribution in [0.1, 0.15) is 18.1 Å². The smallest absolute Gasteiger partial charge is 0.248 e. The van der Waals surface area contributed by atoms with Crippen molar-refractivity contribution < 1.29 is 14.3 Å². The van der Waals surface area contributed by atoms with Gasteiger partial charge in [0, 0.05) is 11.8 Å². The average Bonchev–Trinajstić information content (AvgIpc) is 2.55. The molecular weight excluding hydrogens is 326 g/mol.